The number of benzene rings is 1. The fourth-order valence-corrected chi connectivity index (χ4v) is 4.23. The Balaban J connectivity index is 1.70. The van der Waals surface area contributed by atoms with Gasteiger partial charge < -0.3 is 15.2 Å². The highest BCUT2D eigenvalue weighted by Gasteiger charge is 2.65. The molecule has 3 atom stereocenters. The maximum absolute atomic E-state index is 12.8. The van der Waals surface area contributed by atoms with Crippen molar-refractivity contribution in [3.8, 4) is 0 Å². The molecule has 2 N–H and O–H groups in total. The molecule has 6 nitrogen and oxygen atoms in total. The average Bonchev–Trinajstić information content (AvgIpc) is 2.85. The molecule has 1 aromatic rings. The Labute approximate surface area is 154 Å². The Morgan fingerprint density at radius 3 is 2.62 bits per heavy atom. The van der Waals surface area contributed by atoms with Crippen molar-refractivity contribution in [3.05, 3.63) is 35.9 Å². The van der Waals surface area contributed by atoms with Gasteiger partial charge in [-0.1, -0.05) is 30.3 Å². The van der Waals surface area contributed by atoms with Crippen LogP contribution in [0.1, 0.15) is 39.2 Å². The molecule has 3 rings (SSSR count). The summed E-state index contributed by atoms with van der Waals surface area (Å²) >= 11 is 0. The van der Waals surface area contributed by atoms with Crippen molar-refractivity contribution >= 4 is 12.0 Å². The third-order valence-corrected chi connectivity index (χ3v) is 5.53. The lowest BCUT2D eigenvalue weighted by atomic mass is 9.59. The van der Waals surface area contributed by atoms with E-state index in [0.29, 0.717) is 19.5 Å². The molecule has 0 bridgehead atoms. The summed E-state index contributed by atoms with van der Waals surface area (Å²) in [6, 6.07) is 9.69. The number of carbonyl (C=O) groups excluding carboxylic acids is 2. The smallest absolute Gasteiger partial charge is 0.410 e. The van der Waals surface area contributed by atoms with Crippen LogP contribution in [0.5, 0.6) is 0 Å². The molecular formula is C20H28N2O4. The first-order valence-corrected chi connectivity index (χ1v) is 9.21. The minimum Gasteiger partial charge on any atom is -0.444 e. The van der Waals surface area contributed by atoms with Crippen LogP contribution in [0.2, 0.25) is 0 Å². The highest BCUT2D eigenvalue weighted by atomic mass is 16.6. The number of hydrogen-bond acceptors (Lipinski definition) is 4. The largest absolute Gasteiger partial charge is 0.444 e. The fraction of sp³-hybridized carbons (Fsp3) is 0.600. The Morgan fingerprint density at radius 2 is 2.00 bits per heavy atom. The molecule has 1 aliphatic carbocycles. The predicted molar refractivity (Wildman–Crippen MR) is 97.3 cm³/mol. The van der Waals surface area contributed by atoms with Crippen LogP contribution in [0.3, 0.4) is 0 Å². The maximum Gasteiger partial charge on any atom is 0.410 e. The van der Waals surface area contributed by atoms with Gasteiger partial charge in [0.05, 0.1) is 18.1 Å². The predicted octanol–water partition coefficient (Wildman–Crippen LogP) is 2.31. The second-order valence-corrected chi connectivity index (χ2v) is 8.26. The van der Waals surface area contributed by atoms with Crippen LogP contribution in [0.15, 0.2) is 30.3 Å². The number of aliphatic hydroxyl groups is 1. The van der Waals surface area contributed by atoms with Crippen LogP contribution in [0.4, 0.5) is 4.79 Å². The van der Waals surface area contributed by atoms with Crippen LogP contribution in [-0.4, -0.2) is 46.3 Å². The Bertz CT molecular complexity index is 670. The fourth-order valence-electron chi connectivity index (χ4n) is 4.23. The van der Waals surface area contributed by atoms with Crippen molar-refractivity contribution in [1.29, 1.82) is 0 Å². The van der Waals surface area contributed by atoms with E-state index in [1.807, 2.05) is 51.1 Å². The molecule has 0 spiro atoms. The van der Waals surface area contributed by atoms with Crippen LogP contribution >= 0.6 is 0 Å². The van der Waals surface area contributed by atoms with E-state index in [-0.39, 0.29) is 18.4 Å². The summed E-state index contributed by atoms with van der Waals surface area (Å²) in [5.74, 6) is -0.377. The topological polar surface area (TPSA) is 78.9 Å². The lowest BCUT2D eigenvalue weighted by molar-refractivity contribution is -0.146. The molecule has 0 unspecified atom stereocenters. The lowest BCUT2D eigenvalue weighted by Crippen LogP contribution is -2.68. The van der Waals surface area contributed by atoms with E-state index >= 15 is 0 Å². The zero-order chi connectivity index (χ0) is 18.9. The molecule has 1 aromatic carbocycles. The molecule has 2 fully saturated rings. The van der Waals surface area contributed by atoms with E-state index < -0.39 is 23.2 Å². The number of amides is 2. The third kappa shape index (κ3) is 3.30. The quantitative estimate of drug-likeness (QED) is 0.864. The monoisotopic (exact) mass is 360 g/mol. The molecule has 1 heterocycles. The van der Waals surface area contributed by atoms with Gasteiger partial charge in [-0.3, -0.25) is 9.69 Å². The molecule has 6 heteroatoms. The minimum absolute atomic E-state index is 0.116. The zero-order valence-electron chi connectivity index (χ0n) is 15.7. The van der Waals surface area contributed by atoms with Gasteiger partial charge in [0.2, 0.25) is 5.91 Å². The van der Waals surface area contributed by atoms with Crippen molar-refractivity contribution in [3.63, 3.8) is 0 Å². The normalized spacial score (nSPS) is 27.5. The lowest BCUT2D eigenvalue weighted by Gasteiger charge is -2.54. The van der Waals surface area contributed by atoms with Crippen molar-refractivity contribution < 1.29 is 19.4 Å². The molecule has 1 aliphatic heterocycles. The molecule has 2 amide bonds. The number of nitrogens with zero attached hydrogens (tertiary/aromatic N) is 1. The van der Waals surface area contributed by atoms with E-state index in [4.69, 9.17) is 4.74 Å². The van der Waals surface area contributed by atoms with Gasteiger partial charge in [-0.15, -0.1) is 0 Å². The highest BCUT2D eigenvalue weighted by molar-refractivity contribution is 5.83. The van der Waals surface area contributed by atoms with E-state index in [1.54, 1.807) is 4.90 Å². The van der Waals surface area contributed by atoms with E-state index in [2.05, 4.69) is 5.32 Å². The minimum atomic E-state index is -0.830. The van der Waals surface area contributed by atoms with Crippen molar-refractivity contribution in [1.82, 2.24) is 10.2 Å². The molecular weight excluding hydrogens is 332 g/mol. The van der Waals surface area contributed by atoms with Crippen LogP contribution in [0, 0.1) is 11.8 Å². The number of rotatable bonds is 4. The Hall–Kier alpha value is -2.08. The number of fused-ring (bicyclic) bond motifs is 1. The van der Waals surface area contributed by atoms with Gasteiger partial charge in [0, 0.05) is 13.1 Å². The molecule has 2 aliphatic rings. The number of aliphatic hydroxyl groups excluding tert-OH is 1. The van der Waals surface area contributed by atoms with E-state index in [9.17, 15) is 14.7 Å². The van der Waals surface area contributed by atoms with E-state index in [1.165, 1.54) is 0 Å². The standard InChI is InChI=1S/C20H28N2O4/c1-19(2,3)26-18(25)22-10-9-15-11-16(20(15,22)13-23)17(24)21-12-14-7-5-4-6-8-14/h4-8,15-16,23H,9-13H2,1-3H3,(H,21,24)/t15-,16+,20-/m1/s1. The third-order valence-electron chi connectivity index (χ3n) is 5.53. The number of ether oxygens (including phenoxy) is 1. The maximum atomic E-state index is 12.8. The second-order valence-electron chi connectivity index (χ2n) is 8.26. The summed E-state index contributed by atoms with van der Waals surface area (Å²) in [4.78, 5) is 27.0. The Kier molecular flexibility index (Phi) is 4.97. The van der Waals surface area contributed by atoms with Gasteiger partial charge >= 0.3 is 6.09 Å². The molecule has 0 aromatic heterocycles. The first kappa shape index (κ1) is 18.7. The zero-order valence-corrected chi connectivity index (χ0v) is 15.7. The van der Waals surface area contributed by atoms with Gasteiger partial charge in [0.25, 0.3) is 0 Å². The number of likely N-dealkylation sites (tertiary alicyclic amines) is 1. The second kappa shape index (κ2) is 6.91. The SMILES string of the molecule is CC(C)(C)OC(=O)N1CC[C@@H]2C[C@@H](C(=O)NCc3ccccc3)[C@@]21CO. The van der Waals surface area contributed by atoms with Gasteiger partial charge in [0.15, 0.2) is 0 Å². The highest BCUT2D eigenvalue weighted by Crippen LogP contribution is 2.54. The molecule has 0 radical (unpaired) electrons. The van der Waals surface area contributed by atoms with Gasteiger partial charge in [-0.2, -0.15) is 0 Å². The summed E-state index contributed by atoms with van der Waals surface area (Å²) < 4.78 is 5.50. The van der Waals surface area contributed by atoms with Crippen LogP contribution in [-0.2, 0) is 16.1 Å². The van der Waals surface area contributed by atoms with Gasteiger partial charge in [-0.05, 0) is 45.1 Å². The molecule has 1 saturated heterocycles. The van der Waals surface area contributed by atoms with Crippen molar-refractivity contribution in [2.45, 2.75) is 51.3 Å². The van der Waals surface area contributed by atoms with Crippen LogP contribution in [0.25, 0.3) is 0 Å². The summed E-state index contributed by atoms with van der Waals surface area (Å²) in [7, 11) is 0. The number of carbonyl (C=O) groups is 2. The average molecular weight is 360 g/mol. The van der Waals surface area contributed by atoms with Crippen molar-refractivity contribution in [2.75, 3.05) is 13.2 Å². The van der Waals surface area contributed by atoms with E-state index in [0.717, 1.165) is 12.0 Å². The molecule has 142 valence electrons. The Morgan fingerprint density at radius 1 is 1.31 bits per heavy atom. The summed E-state index contributed by atoms with van der Waals surface area (Å²) in [6.07, 6.45) is 1.04. The summed E-state index contributed by atoms with van der Waals surface area (Å²) in [6.45, 7) is 6.18. The first-order valence-electron chi connectivity index (χ1n) is 9.21. The number of nitrogens with one attached hydrogen (secondary N) is 1. The molecule has 1 saturated carbocycles. The molecule has 26 heavy (non-hydrogen) atoms. The summed E-state index contributed by atoms with van der Waals surface area (Å²) in [5.41, 5.74) is -0.422. The number of hydrogen-bond donors (Lipinski definition) is 2. The van der Waals surface area contributed by atoms with Crippen molar-refractivity contribution in [2.24, 2.45) is 11.8 Å². The van der Waals surface area contributed by atoms with Crippen LogP contribution < -0.4 is 5.32 Å². The first-order chi connectivity index (χ1) is 12.3. The summed E-state index contributed by atoms with van der Waals surface area (Å²) in [5, 5.41) is 13.1. The van der Waals surface area contributed by atoms with Gasteiger partial charge in [-0.25, -0.2) is 4.79 Å². The van der Waals surface area contributed by atoms with Gasteiger partial charge in [0.1, 0.15) is 5.60 Å².